The van der Waals surface area contributed by atoms with Gasteiger partial charge in [0.1, 0.15) is 4.66 Å². The molecule has 0 heterocycles. The van der Waals surface area contributed by atoms with E-state index >= 15 is 0 Å². The molecule has 5 heteroatoms. The van der Waals surface area contributed by atoms with E-state index in [1.807, 2.05) is 6.07 Å². The highest BCUT2D eigenvalue weighted by Crippen LogP contribution is 2.08. The lowest BCUT2D eigenvalue weighted by atomic mass is 10.3. The van der Waals surface area contributed by atoms with Crippen LogP contribution in [-0.2, 0) is 10.0 Å². The molecule has 0 aliphatic carbocycles. The molecule has 0 radical (unpaired) electrons. The van der Waals surface area contributed by atoms with Crippen LogP contribution in [0.4, 0.5) is 5.69 Å². The number of sulfonamides is 1. The molecule has 3 nitrogen and oxygen atoms in total. The zero-order chi connectivity index (χ0) is 9.03. The van der Waals surface area contributed by atoms with Crippen LogP contribution < -0.4 is 4.72 Å². The standard InChI is InChI=1S/C7H8BrNO2S/c8-6-12(10,11)9-7-4-2-1-3-5-7/h1-5,9H,6H2. The van der Waals surface area contributed by atoms with E-state index in [1.165, 1.54) is 0 Å². The number of nitrogens with one attached hydrogen (secondary N) is 1. The Morgan fingerprint density at radius 1 is 1.25 bits per heavy atom. The number of para-hydroxylation sites is 1. The van der Waals surface area contributed by atoms with Gasteiger partial charge in [0, 0.05) is 5.69 Å². The predicted octanol–water partition coefficient (Wildman–Crippen LogP) is 1.78. The second-order valence-electron chi connectivity index (χ2n) is 2.19. The van der Waals surface area contributed by atoms with Gasteiger partial charge in [-0.25, -0.2) is 8.42 Å². The molecule has 66 valence electrons. The maximum Gasteiger partial charge on any atom is 0.242 e. The molecular formula is C7H8BrNO2S. The van der Waals surface area contributed by atoms with Gasteiger partial charge in [-0.05, 0) is 12.1 Å². The first-order valence-electron chi connectivity index (χ1n) is 3.25. The quantitative estimate of drug-likeness (QED) is 0.831. The van der Waals surface area contributed by atoms with Crippen LogP contribution in [0.3, 0.4) is 0 Å². The molecule has 1 aromatic carbocycles. The molecule has 12 heavy (non-hydrogen) atoms. The van der Waals surface area contributed by atoms with E-state index in [1.54, 1.807) is 24.3 Å². The summed E-state index contributed by atoms with van der Waals surface area (Å²) in [5.74, 6) is 0. The molecular weight excluding hydrogens is 242 g/mol. The van der Waals surface area contributed by atoms with Gasteiger partial charge in [0.15, 0.2) is 0 Å². The van der Waals surface area contributed by atoms with Crippen molar-refractivity contribution in [2.24, 2.45) is 0 Å². The van der Waals surface area contributed by atoms with Crippen molar-refractivity contribution < 1.29 is 8.42 Å². The van der Waals surface area contributed by atoms with Gasteiger partial charge in [-0.15, -0.1) is 0 Å². The SMILES string of the molecule is O=S(=O)(CBr)Nc1ccccc1. The number of alkyl halides is 1. The predicted molar refractivity (Wildman–Crippen MR) is 52.8 cm³/mol. The summed E-state index contributed by atoms with van der Waals surface area (Å²) in [5, 5.41) is 0. The van der Waals surface area contributed by atoms with Crippen molar-refractivity contribution in [2.45, 2.75) is 0 Å². The fraction of sp³-hybridized carbons (Fsp3) is 0.143. The average molecular weight is 250 g/mol. The van der Waals surface area contributed by atoms with Crippen LogP contribution in [0.15, 0.2) is 30.3 Å². The van der Waals surface area contributed by atoms with Crippen molar-refractivity contribution in [3.8, 4) is 0 Å². The second kappa shape index (κ2) is 3.91. The fourth-order valence-corrected chi connectivity index (χ4v) is 1.61. The van der Waals surface area contributed by atoms with Crippen LogP contribution in [0.2, 0.25) is 0 Å². The van der Waals surface area contributed by atoms with Crippen LogP contribution in [0.25, 0.3) is 0 Å². The monoisotopic (exact) mass is 249 g/mol. The van der Waals surface area contributed by atoms with Crippen molar-refractivity contribution in [1.82, 2.24) is 0 Å². The molecule has 0 aliphatic rings. The third-order valence-corrected chi connectivity index (χ3v) is 3.83. The molecule has 0 saturated heterocycles. The molecule has 1 aromatic rings. The number of rotatable bonds is 3. The molecule has 0 fully saturated rings. The van der Waals surface area contributed by atoms with Crippen molar-refractivity contribution in [1.29, 1.82) is 0 Å². The van der Waals surface area contributed by atoms with Crippen molar-refractivity contribution in [2.75, 3.05) is 9.38 Å². The first-order chi connectivity index (χ1) is 5.64. The molecule has 0 aromatic heterocycles. The lowest BCUT2D eigenvalue weighted by Gasteiger charge is -2.03. The van der Waals surface area contributed by atoms with E-state index in [9.17, 15) is 8.42 Å². The molecule has 0 spiro atoms. The summed E-state index contributed by atoms with van der Waals surface area (Å²) in [6, 6.07) is 8.75. The van der Waals surface area contributed by atoms with E-state index in [-0.39, 0.29) is 4.66 Å². The first-order valence-corrected chi connectivity index (χ1v) is 6.03. The molecule has 0 unspecified atom stereocenters. The van der Waals surface area contributed by atoms with Gasteiger partial charge >= 0.3 is 0 Å². The van der Waals surface area contributed by atoms with E-state index in [0.29, 0.717) is 5.69 Å². The van der Waals surface area contributed by atoms with Crippen molar-refractivity contribution in [3.63, 3.8) is 0 Å². The Bertz CT molecular complexity index is 336. The topological polar surface area (TPSA) is 46.2 Å². The summed E-state index contributed by atoms with van der Waals surface area (Å²) < 4.78 is 24.3. The second-order valence-corrected chi connectivity index (χ2v) is 5.22. The lowest BCUT2D eigenvalue weighted by Crippen LogP contribution is -2.12. The summed E-state index contributed by atoms with van der Waals surface area (Å²) in [5.41, 5.74) is 0.581. The average Bonchev–Trinajstić information content (AvgIpc) is 2.06. The Hall–Kier alpha value is -0.550. The van der Waals surface area contributed by atoms with E-state index in [2.05, 4.69) is 20.7 Å². The minimum absolute atomic E-state index is 0.0884. The molecule has 0 saturated carbocycles. The maximum atomic E-state index is 11.0. The number of halogens is 1. The van der Waals surface area contributed by atoms with Crippen molar-refractivity contribution in [3.05, 3.63) is 30.3 Å². The Balaban J connectivity index is 2.78. The summed E-state index contributed by atoms with van der Waals surface area (Å²) >= 11 is 2.88. The van der Waals surface area contributed by atoms with E-state index < -0.39 is 10.0 Å². The van der Waals surface area contributed by atoms with Gasteiger partial charge < -0.3 is 0 Å². The minimum Gasteiger partial charge on any atom is -0.283 e. The highest BCUT2D eigenvalue weighted by molar-refractivity contribution is 9.10. The molecule has 1 rings (SSSR count). The van der Waals surface area contributed by atoms with Crippen LogP contribution in [0.5, 0.6) is 0 Å². The summed E-state index contributed by atoms with van der Waals surface area (Å²) in [6.45, 7) is 0. The zero-order valence-corrected chi connectivity index (χ0v) is 8.60. The molecule has 0 amide bonds. The Morgan fingerprint density at radius 2 is 1.83 bits per heavy atom. The van der Waals surface area contributed by atoms with E-state index in [0.717, 1.165) is 0 Å². The first kappa shape index (κ1) is 9.54. The Labute approximate surface area is 80.0 Å². The number of anilines is 1. The summed E-state index contributed by atoms with van der Waals surface area (Å²) in [7, 11) is -3.21. The van der Waals surface area contributed by atoms with Crippen LogP contribution in [0, 0.1) is 0 Å². The van der Waals surface area contributed by atoms with Gasteiger partial charge in [0.25, 0.3) is 0 Å². The number of hydrogen-bond donors (Lipinski definition) is 1. The largest absolute Gasteiger partial charge is 0.283 e. The van der Waals surface area contributed by atoms with Crippen LogP contribution >= 0.6 is 15.9 Å². The maximum absolute atomic E-state index is 11.0. The molecule has 1 N–H and O–H groups in total. The Morgan fingerprint density at radius 3 is 2.33 bits per heavy atom. The van der Waals surface area contributed by atoms with Crippen LogP contribution in [-0.4, -0.2) is 13.1 Å². The molecule has 0 atom stereocenters. The number of hydrogen-bond acceptors (Lipinski definition) is 2. The molecule has 0 aliphatic heterocycles. The smallest absolute Gasteiger partial charge is 0.242 e. The summed E-state index contributed by atoms with van der Waals surface area (Å²) in [6.07, 6.45) is 0. The van der Waals surface area contributed by atoms with Crippen LogP contribution in [0.1, 0.15) is 0 Å². The third kappa shape index (κ3) is 2.83. The highest BCUT2D eigenvalue weighted by Gasteiger charge is 2.05. The van der Waals surface area contributed by atoms with Crippen molar-refractivity contribution >= 4 is 31.6 Å². The van der Waals surface area contributed by atoms with Gasteiger partial charge in [0.2, 0.25) is 10.0 Å². The van der Waals surface area contributed by atoms with E-state index in [4.69, 9.17) is 0 Å². The zero-order valence-electron chi connectivity index (χ0n) is 6.20. The van der Waals surface area contributed by atoms with Gasteiger partial charge in [0.05, 0.1) is 0 Å². The van der Waals surface area contributed by atoms with Gasteiger partial charge in [-0.1, -0.05) is 34.1 Å². The minimum atomic E-state index is -3.21. The highest BCUT2D eigenvalue weighted by atomic mass is 79.9. The molecule has 0 bridgehead atoms. The van der Waals surface area contributed by atoms with Gasteiger partial charge in [-0.3, -0.25) is 4.72 Å². The Kier molecular flexibility index (Phi) is 3.11. The number of benzene rings is 1. The normalized spacial score (nSPS) is 11.1. The van der Waals surface area contributed by atoms with Gasteiger partial charge in [-0.2, -0.15) is 0 Å². The lowest BCUT2D eigenvalue weighted by molar-refractivity contribution is 0.606. The third-order valence-electron chi connectivity index (χ3n) is 1.19. The summed E-state index contributed by atoms with van der Waals surface area (Å²) in [4.78, 5) is 0. The fourth-order valence-electron chi connectivity index (χ4n) is 0.713.